The Hall–Kier alpha value is -0.610. The van der Waals surface area contributed by atoms with E-state index in [2.05, 4.69) is 10.2 Å². The monoisotopic (exact) mass is 223 g/mol. The van der Waals surface area contributed by atoms with Gasteiger partial charge < -0.3 is 0 Å². The van der Waals surface area contributed by atoms with Gasteiger partial charge in [0.1, 0.15) is 5.69 Å². The molecule has 6 heteroatoms. The van der Waals surface area contributed by atoms with Crippen molar-refractivity contribution in [2.24, 2.45) is 7.05 Å². The second-order valence-electron chi connectivity index (χ2n) is 2.87. The van der Waals surface area contributed by atoms with Gasteiger partial charge in [-0.25, -0.2) is 0 Å². The molecule has 0 fully saturated rings. The summed E-state index contributed by atoms with van der Waals surface area (Å²) >= 11 is 5.58. The van der Waals surface area contributed by atoms with Gasteiger partial charge in [-0.05, 0) is 11.6 Å². The number of halogens is 2. The molecular weight excluding hydrogens is 213 g/mol. The SMILES string of the molecule is CC(C)c1nnc(Cl)n(C)c1=O.Cl. The first-order valence-corrected chi connectivity index (χ1v) is 4.01. The maximum Gasteiger partial charge on any atom is 0.276 e. The van der Waals surface area contributed by atoms with Gasteiger partial charge in [0, 0.05) is 13.0 Å². The molecule has 4 nitrogen and oxygen atoms in total. The Labute approximate surface area is 87.3 Å². The lowest BCUT2D eigenvalue weighted by atomic mass is 10.1. The number of hydrogen-bond donors (Lipinski definition) is 0. The lowest BCUT2D eigenvalue weighted by molar-refractivity contribution is 0.689. The molecule has 1 rings (SSSR count). The Morgan fingerprint density at radius 1 is 1.38 bits per heavy atom. The Kier molecular flexibility index (Phi) is 4.36. The molecule has 0 atom stereocenters. The summed E-state index contributed by atoms with van der Waals surface area (Å²) in [5.41, 5.74) is 0.270. The number of nitrogens with zero attached hydrogens (tertiary/aromatic N) is 3. The fourth-order valence-electron chi connectivity index (χ4n) is 0.823. The Morgan fingerprint density at radius 2 is 1.92 bits per heavy atom. The average molecular weight is 224 g/mol. The average Bonchev–Trinajstić information content (AvgIpc) is 2.00. The van der Waals surface area contributed by atoms with E-state index in [0.717, 1.165) is 0 Å². The van der Waals surface area contributed by atoms with Crippen molar-refractivity contribution in [1.29, 1.82) is 0 Å². The van der Waals surface area contributed by atoms with Crippen LogP contribution in [0, 0.1) is 0 Å². The van der Waals surface area contributed by atoms with Gasteiger partial charge in [-0.1, -0.05) is 13.8 Å². The fourth-order valence-corrected chi connectivity index (χ4v) is 0.938. The zero-order valence-corrected chi connectivity index (χ0v) is 9.19. The first-order valence-electron chi connectivity index (χ1n) is 3.63. The van der Waals surface area contributed by atoms with Gasteiger partial charge in [0.2, 0.25) is 5.28 Å². The smallest absolute Gasteiger partial charge is 0.276 e. The Bertz CT molecular complexity index is 348. The molecule has 0 saturated carbocycles. The van der Waals surface area contributed by atoms with Gasteiger partial charge in [0.15, 0.2) is 0 Å². The maximum absolute atomic E-state index is 11.4. The van der Waals surface area contributed by atoms with Crippen molar-refractivity contribution in [3.05, 3.63) is 21.3 Å². The number of aromatic nitrogens is 3. The van der Waals surface area contributed by atoms with Crippen molar-refractivity contribution in [1.82, 2.24) is 14.8 Å². The largest absolute Gasteiger partial charge is 0.283 e. The summed E-state index contributed by atoms with van der Waals surface area (Å²) in [4.78, 5) is 11.4. The van der Waals surface area contributed by atoms with Crippen molar-refractivity contribution in [2.45, 2.75) is 19.8 Å². The van der Waals surface area contributed by atoms with Gasteiger partial charge in [-0.3, -0.25) is 9.36 Å². The molecule has 0 aliphatic carbocycles. The molecule has 0 unspecified atom stereocenters. The molecule has 1 heterocycles. The van der Waals surface area contributed by atoms with Crippen LogP contribution in [0.3, 0.4) is 0 Å². The maximum atomic E-state index is 11.4. The summed E-state index contributed by atoms with van der Waals surface area (Å²) in [6.45, 7) is 3.78. The van der Waals surface area contributed by atoms with E-state index in [1.807, 2.05) is 13.8 Å². The molecule has 0 aliphatic rings. The molecule has 0 spiro atoms. The first kappa shape index (κ1) is 12.4. The standard InChI is InChI=1S/C7H10ClN3O.ClH/c1-4(2)5-6(12)11(3)7(8)10-9-5;/h4H,1-3H3;1H. The molecule has 0 amide bonds. The summed E-state index contributed by atoms with van der Waals surface area (Å²) in [5.74, 6) is 0.0773. The topological polar surface area (TPSA) is 47.8 Å². The summed E-state index contributed by atoms with van der Waals surface area (Å²) in [7, 11) is 1.57. The molecule has 0 radical (unpaired) electrons. The van der Waals surface area contributed by atoms with E-state index in [1.165, 1.54) is 4.57 Å². The molecular formula is C7H11Cl2N3O. The van der Waals surface area contributed by atoms with E-state index in [0.29, 0.717) is 5.69 Å². The third-order valence-corrected chi connectivity index (χ3v) is 1.92. The molecule has 0 N–H and O–H groups in total. The lowest BCUT2D eigenvalue weighted by Crippen LogP contribution is -2.25. The van der Waals surface area contributed by atoms with E-state index < -0.39 is 0 Å². The van der Waals surface area contributed by atoms with Crippen LogP contribution in [0.4, 0.5) is 0 Å². The van der Waals surface area contributed by atoms with E-state index in [-0.39, 0.29) is 29.2 Å². The van der Waals surface area contributed by atoms with Crippen LogP contribution in [0.2, 0.25) is 5.28 Å². The van der Waals surface area contributed by atoms with Crippen LogP contribution < -0.4 is 5.56 Å². The Morgan fingerprint density at radius 3 is 2.38 bits per heavy atom. The molecule has 74 valence electrons. The van der Waals surface area contributed by atoms with Crippen molar-refractivity contribution in [3.8, 4) is 0 Å². The summed E-state index contributed by atoms with van der Waals surface area (Å²) < 4.78 is 1.28. The quantitative estimate of drug-likeness (QED) is 0.723. The zero-order chi connectivity index (χ0) is 9.30. The third kappa shape index (κ3) is 2.42. The highest BCUT2D eigenvalue weighted by molar-refractivity contribution is 6.28. The van der Waals surface area contributed by atoms with E-state index in [1.54, 1.807) is 7.05 Å². The van der Waals surface area contributed by atoms with Gasteiger partial charge in [-0.15, -0.1) is 22.6 Å². The van der Waals surface area contributed by atoms with E-state index in [9.17, 15) is 4.79 Å². The minimum Gasteiger partial charge on any atom is -0.283 e. The predicted molar refractivity (Wildman–Crippen MR) is 53.6 cm³/mol. The minimum atomic E-state index is -0.176. The van der Waals surface area contributed by atoms with E-state index in [4.69, 9.17) is 11.6 Å². The molecule has 0 bridgehead atoms. The van der Waals surface area contributed by atoms with E-state index >= 15 is 0 Å². The van der Waals surface area contributed by atoms with Crippen LogP contribution in [-0.2, 0) is 7.05 Å². The van der Waals surface area contributed by atoms with Crippen molar-refractivity contribution >= 4 is 24.0 Å². The second kappa shape index (κ2) is 4.58. The number of hydrogen-bond acceptors (Lipinski definition) is 3. The first-order chi connectivity index (χ1) is 5.54. The molecule has 1 aromatic rings. The fraction of sp³-hybridized carbons (Fsp3) is 0.571. The minimum absolute atomic E-state index is 0. The van der Waals surface area contributed by atoms with Crippen LogP contribution in [0.15, 0.2) is 4.79 Å². The molecule has 1 aromatic heterocycles. The highest BCUT2D eigenvalue weighted by Crippen LogP contribution is 2.06. The summed E-state index contributed by atoms with van der Waals surface area (Å²) in [6.07, 6.45) is 0. The van der Waals surface area contributed by atoms with Crippen LogP contribution in [0.5, 0.6) is 0 Å². The second-order valence-corrected chi connectivity index (χ2v) is 3.21. The van der Waals surface area contributed by atoms with Gasteiger partial charge in [0.25, 0.3) is 5.56 Å². The molecule has 0 saturated heterocycles. The van der Waals surface area contributed by atoms with Crippen LogP contribution in [0.1, 0.15) is 25.5 Å². The van der Waals surface area contributed by atoms with Gasteiger partial charge >= 0.3 is 0 Å². The van der Waals surface area contributed by atoms with Crippen LogP contribution >= 0.6 is 24.0 Å². The Balaban J connectivity index is 0.00000144. The van der Waals surface area contributed by atoms with Crippen molar-refractivity contribution in [3.63, 3.8) is 0 Å². The van der Waals surface area contributed by atoms with Gasteiger partial charge in [-0.2, -0.15) is 0 Å². The highest BCUT2D eigenvalue weighted by atomic mass is 35.5. The normalized spacial score (nSPS) is 9.92. The summed E-state index contributed by atoms with van der Waals surface area (Å²) in [5, 5.41) is 7.48. The van der Waals surface area contributed by atoms with Crippen LogP contribution in [0.25, 0.3) is 0 Å². The molecule has 0 aromatic carbocycles. The zero-order valence-electron chi connectivity index (χ0n) is 7.61. The highest BCUT2D eigenvalue weighted by Gasteiger charge is 2.10. The third-order valence-electron chi connectivity index (χ3n) is 1.59. The van der Waals surface area contributed by atoms with Crippen LogP contribution in [-0.4, -0.2) is 14.8 Å². The molecule has 13 heavy (non-hydrogen) atoms. The number of rotatable bonds is 1. The summed E-state index contributed by atoms with van der Waals surface area (Å²) in [6, 6.07) is 0. The predicted octanol–water partition coefficient (Wildman–Crippen LogP) is 1.37. The van der Waals surface area contributed by atoms with Crippen molar-refractivity contribution < 1.29 is 0 Å². The van der Waals surface area contributed by atoms with Crippen molar-refractivity contribution in [2.75, 3.05) is 0 Å². The van der Waals surface area contributed by atoms with Gasteiger partial charge in [0.05, 0.1) is 0 Å². The molecule has 0 aliphatic heterocycles. The lowest BCUT2D eigenvalue weighted by Gasteiger charge is -2.04.